The molecule has 0 saturated heterocycles. The molecule has 0 atom stereocenters. The van der Waals surface area contributed by atoms with Crippen molar-refractivity contribution in [3.05, 3.63) is 28.8 Å². The molecule has 1 amide bonds. The van der Waals surface area contributed by atoms with E-state index >= 15 is 0 Å². The van der Waals surface area contributed by atoms with Crippen LogP contribution in [0.15, 0.2) is 18.2 Å². The predicted octanol–water partition coefficient (Wildman–Crippen LogP) is 1.86. The maximum atomic E-state index is 11.2. The van der Waals surface area contributed by atoms with Crippen LogP contribution in [0.2, 0.25) is 5.02 Å². The summed E-state index contributed by atoms with van der Waals surface area (Å²) in [7, 11) is 0. The number of carbonyl (C=O) groups is 2. The highest BCUT2D eigenvalue weighted by molar-refractivity contribution is 6.34. The number of carboxylic acids is 1. The summed E-state index contributed by atoms with van der Waals surface area (Å²) in [5.41, 5.74) is 5.03. The summed E-state index contributed by atoms with van der Waals surface area (Å²) >= 11 is 5.91. The van der Waals surface area contributed by atoms with E-state index in [1.807, 2.05) is 0 Å². The van der Waals surface area contributed by atoms with Gasteiger partial charge in [0, 0.05) is 5.69 Å². The van der Waals surface area contributed by atoms with Crippen LogP contribution in [0, 0.1) is 0 Å². The zero-order valence-electron chi connectivity index (χ0n) is 9.57. The number of halogens is 1. The fourth-order valence-electron chi connectivity index (χ4n) is 1.99. The van der Waals surface area contributed by atoms with Crippen molar-refractivity contribution in [2.45, 2.75) is 24.8 Å². The average molecular weight is 269 g/mol. The number of aliphatic carboxylic acids is 1. The number of carbonyl (C=O) groups excluding carboxylic acids is 1. The maximum absolute atomic E-state index is 11.2. The largest absolute Gasteiger partial charge is 0.480 e. The van der Waals surface area contributed by atoms with Crippen LogP contribution in [0.4, 0.5) is 5.69 Å². The Morgan fingerprint density at radius 1 is 1.39 bits per heavy atom. The van der Waals surface area contributed by atoms with E-state index in [-0.39, 0.29) is 10.6 Å². The van der Waals surface area contributed by atoms with Crippen molar-refractivity contribution in [3.63, 3.8) is 0 Å². The molecule has 0 spiro atoms. The molecule has 96 valence electrons. The summed E-state index contributed by atoms with van der Waals surface area (Å²) in [6.07, 6.45) is 2.04. The summed E-state index contributed by atoms with van der Waals surface area (Å²) in [6, 6.07) is 4.61. The zero-order valence-corrected chi connectivity index (χ0v) is 10.3. The average Bonchev–Trinajstić information content (AvgIpc) is 2.22. The molecule has 1 aliphatic carbocycles. The van der Waals surface area contributed by atoms with E-state index in [2.05, 4.69) is 5.32 Å². The molecule has 0 aromatic heterocycles. The number of hydrogen-bond acceptors (Lipinski definition) is 3. The van der Waals surface area contributed by atoms with Crippen molar-refractivity contribution < 1.29 is 14.7 Å². The van der Waals surface area contributed by atoms with Crippen molar-refractivity contribution in [2.75, 3.05) is 5.32 Å². The van der Waals surface area contributed by atoms with Crippen molar-refractivity contribution in [2.24, 2.45) is 5.73 Å². The number of primary amides is 1. The highest BCUT2D eigenvalue weighted by atomic mass is 35.5. The first-order chi connectivity index (χ1) is 8.44. The smallest absolute Gasteiger partial charge is 0.329 e. The molecule has 6 heteroatoms. The second kappa shape index (κ2) is 4.49. The normalized spacial score (nSPS) is 16.7. The van der Waals surface area contributed by atoms with Crippen LogP contribution < -0.4 is 11.1 Å². The Labute approximate surface area is 109 Å². The monoisotopic (exact) mass is 268 g/mol. The van der Waals surface area contributed by atoms with Gasteiger partial charge in [0.15, 0.2) is 0 Å². The number of nitrogens with two attached hydrogens (primary N) is 1. The molecule has 1 saturated carbocycles. The van der Waals surface area contributed by atoms with Crippen LogP contribution in [0.5, 0.6) is 0 Å². The summed E-state index contributed by atoms with van der Waals surface area (Å²) < 4.78 is 0. The topological polar surface area (TPSA) is 92.4 Å². The number of anilines is 1. The molecular formula is C12H13ClN2O3. The minimum absolute atomic E-state index is 0.215. The number of carboxylic acid groups (broad SMARTS) is 1. The molecule has 0 bridgehead atoms. The van der Waals surface area contributed by atoms with E-state index in [1.165, 1.54) is 12.1 Å². The highest BCUT2D eigenvalue weighted by Gasteiger charge is 2.44. The Bertz CT molecular complexity index is 512. The third-order valence-corrected chi connectivity index (χ3v) is 3.55. The third kappa shape index (κ3) is 2.13. The Kier molecular flexibility index (Phi) is 3.17. The van der Waals surface area contributed by atoms with Crippen molar-refractivity contribution in [3.8, 4) is 0 Å². The first kappa shape index (κ1) is 12.7. The van der Waals surface area contributed by atoms with Crippen LogP contribution in [0.3, 0.4) is 0 Å². The predicted molar refractivity (Wildman–Crippen MR) is 67.8 cm³/mol. The lowest BCUT2D eigenvalue weighted by molar-refractivity contribution is -0.145. The molecule has 0 radical (unpaired) electrons. The maximum Gasteiger partial charge on any atom is 0.329 e. The Hall–Kier alpha value is -1.75. The number of amides is 1. The molecule has 1 fully saturated rings. The van der Waals surface area contributed by atoms with Gasteiger partial charge in [-0.15, -0.1) is 0 Å². The lowest BCUT2D eigenvalue weighted by atomic mass is 9.76. The fraction of sp³-hybridized carbons (Fsp3) is 0.333. The first-order valence-corrected chi connectivity index (χ1v) is 5.93. The standard InChI is InChI=1S/C12H13ClN2O3/c13-9-6-7(2-3-8(9)10(14)16)15-12(11(17)18)4-1-5-12/h2-3,6,15H,1,4-5H2,(H2,14,16)(H,17,18). The summed E-state index contributed by atoms with van der Waals surface area (Å²) in [4.78, 5) is 22.2. The summed E-state index contributed by atoms with van der Waals surface area (Å²) in [6.45, 7) is 0. The number of nitrogens with one attached hydrogen (secondary N) is 1. The minimum atomic E-state index is -0.905. The second-order valence-electron chi connectivity index (χ2n) is 4.42. The van der Waals surface area contributed by atoms with Crippen LogP contribution in [-0.2, 0) is 4.79 Å². The van der Waals surface area contributed by atoms with E-state index in [0.717, 1.165) is 6.42 Å². The molecule has 0 heterocycles. The lowest BCUT2D eigenvalue weighted by Gasteiger charge is -2.39. The van der Waals surface area contributed by atoms with Crippen LogP contribution in [0.1, 0.15) is 29.6 Å². The van der Waals surface area contributed by atoms with Crippen molar-refractivity contribution >= 4 is 29.2 Å². The summed E-state index contributed by atoms with van der Waals surface area (Å²) in [5.74, 6) is -1.48. The van der Waals surface area contributed by atoms with E-state index in [4.69, 9.17) is 17.3 Å². The molecule has 1 aromatic carbocycles. The van der Waals surface area contributed by atoms with E-state index in [9.17, 15) is 14.7 Å². The molecule has 2 rings (SSSR count). The fourth-order valence-corrected chi connectivity index (χ4v) is 2.27. The molecule has 1 aliphatic rings. The Morgan fingerprint density at radius 3 is 2.44 bits per heavy atom. The molecule has 5 nitrogen and oxygen atoms in total. The first-order valence-electron chi connectivity index (χ1n) is 5.55. The van der Waals surface area contributed by atoms with Gasteiger partial charge >= 0.3 is 5.97 Å². The van der Waals surface area contributed by atoms with Crippen LogP contribution in [-0.4, -0.2) is 22.5 Å². The SMILES string of the molecule is NC(=O)c1ccc(NC2(C(=O)O)CCC2)cc1Cl. The second-order valence-corrected chi connectivity index (χ2v) is 4.83. The Morgan fingerprint density at radius 2 is 2.06 bits per heavy atom. The van der Waals surface area contributed by atoms with Gasteiger partial charge in [0.05, 0.1) is 10.6 Å². The molecule has 0 aliphatic heterocycles. The van der Waals surface area contributed by atoms with Gasteiger partial charge in [0.25, 0.3) is 0 Å². The van der Waals surface area contributed by atoms with Gasteiger partial charge < -0.3 is 16.2 Å². The van der Waals surface area contributed by atoms with Crippen molar-refractivity contribution in [1.29, 1.82) is 0 Å². The van der Waals surface area contributed by atoms with Gasteiger partial charge in [0.1, 0.15) is 5.54 Å². The minimum Gasteiger partial charge on any atom is -0.480 e. The summed E-state index contributed by atoms with van der Waals surface area (Å²) in [5, 5.41) is 12.4. The molecule has 1 aromatic rings. The molecule has 4 N–H and O–H groups in total. The van der Waals surface area contributed by atoms with Gasteiger partial charge in [-0.3, -0.25) is 4.79 Å². The lowest BCUT2D eigenvalue weighted by Crippen LogP contribution is -2.52. The number of rotatable bonds is 4. The van der Waals surface area contributed by atoms with Gasteiger partial charge in [-0.25, -0.2) is 4.79 Å². The quantitative estimate of drug-likeness (QED) is 0.777. The molecular weight excluding hydrogens is 256 g/mol. The van der Waals surface area contributed by atoms with Gasteiger partial charge in [-0.2, -0.15) is 0 Å². The molecule has 0 unspecified atom stereocenters. The van der Waals surface area contributed by atoms with Crippen LogP contribution in [0.25, 0.3) is 0 Å². The van der Waals surface area contributed by atoms with E-state index < -0.39 is 17.4 Å². The van der Waals surface area contributed by atoms with Gasteiger partial charge in [-0.1, -0.05) is 11.6 Å². The van der Waals surface area contributed by atoms with E-state index in [1.54, 1.807) is 6.07 Å². The molecule has 18 heavy (non-hydrogen) atoms. The highest BCUT2D eigenvalue weighted by Crippen LogP contribution is 2.36. The number of benzene rings is 1. The van der Waals surface area contributed by atoms with E-state index in [0.29, 0.717) is 18.5 Å². The van der Waals surface area contributed by atoms with Crippen molar-refractivity contribution in [1.82, 2.24) is 0 Å². The zero-order chi connectivity index (χ0) is 13.3. The third-order valence-electron chi connectivity index (χ3n) is 3.23. The van der Waals surface area contributed by atoms with Crippen LogP contribution >= 0.6 is 11.6 Å². The van der Waals surface area contributed by atoms with Gasteiger partial charge in [0.2, 0.25) is 5.91 Å². The number of hydrogen-bond donors (Lipinski definition) is 3. The Balaban J connectivity index is 2.23. The van der Waals surface area contributed by atoms with Gasteiger partial charge in [-0.05, 0) is 37.5 Å².